The molecule has 1 aromatic heterocycles. The summed E-state index contributed by atoms with van der Waals surface area (Å²) < 4.78 is 69.9. The minimum absolute atomic E-state index is 0.128. The molecule has 3 rings (SSSR count). The van der Waals surface area contributed by atoms with Gasteiger partial charge in [0.05, 0.1) is 27.0 Å². The van der Waals surface area contributed by atoms with E-state index in [-0.39, 0.29) is 16.3 Å². The third-order valence-electron chi connectivity index (χ3n) is 3.84. The molecule has 2 aromatic carbocycles. The summed E-state index contributed by atoms with van der Waals surface area (Å²) >= 11 is 2.01. The van der Waals surface area contributed by atoms with Crippen molar-refractivity contribution in [1.29, 1.82) is 0 Å². The highest BCUT2D eigenvalue weighted by atomic mass is 127. The van der Waals surface area contributed by atoms with Gasteiger partial charge in [-0.2, -0.15) is 18.3 Å². The number of sulfonamides is 1. The Balaban J connectivity index is 2.24. The van der Waals surface area contributed by atoms with E-state index in [1.807, 2.05) is 22.6 Å². The molecule has 28 heavy (non-hydrogen) atoms. The second kappa shape index (κ2) is 7.37. The number of nitrogens with zero attached hydrogens (tertiary/aromatic N) is 2. The lowest BCUT2D eigenvalue weighted by Gasteiger charge is -2.10. The predicted octanol–water partition coefficient (Wildman–Crippen LogP) is 3.82. The lowest BCUT2D eigenvalue weighted by molar-refractivity contribution is -0.141. The molecule has 2 N–H and O–H groups in total. The van der Waals surface area contributed by atoms with Gasteiger partial charge in [0.2, 0.25) is 10.0 Å². The molecular formula is C17H13F3IN3O3S. The van der Waals surface area contributed by atoms with Crippen molar-refractivity contribution >= 4 is 32.6 Å². The number of hydrogen-bond donors (Lipinski definition) is 1. The molecule has 0 unspecified atom stereocenters. The number of methoxy groups -OCH3 is 1. The molecule has 3 aromatic rings. The van der Waals surface area contributed by atoms with Crippen LogP contribution in [0.25, 0.3) is 16.9 Å². The van der Waals surface area contributed by atoms with E-state index in [9.17, 15) is 21.6 Å². The van der Waals surface area contributed by atoms with Crippen molar-refractivity contribution in [3.63, 3.8) is 0 Å². The molecule has 0 amide bonds. The Labute approximate surface area is 172 Å². The minimum Gasteiger partial charge on any atom is -0.496 e. The molecule has 0 aliphatic rings. The minimum atomic E-state index is -4.67. The fraction of sp³-hybridized carbons (Fsp3) is 0.118. The number of alkyl halides is 3. The summed E-state index contributed by atoms with van der Waals surface area (Å²) in [5, 5.41) is 8.77. The Morgan fingerprint density at radius 2 is 1.86 bits per heavy atom. The Kier molecular flexibility index (Phi) is 5.42. The SMILES string of the molecule is COc1ccc(-c2cc(C(F)(F)F)nn2-c2cccc(S(N)(=O)=O)c2)cc1I. The maximum atomic E-state index is 13.3. The summed E-state index contributed by atoms with van der Waals surface area (Å²) in [6, 6.07) is 11.0. The number of nitrogens with two attached hydrogens (primary N) is 1. The average molecular weight is 523 g/mol. The fourth-order valence-corrected chi connectivity index (χ4v) is 3.83. The topological polar surface area (TPSA) is 87.2 Å². The molecule has 0 spiro atoms. The van der Waals surface area contributed by atoms with Gasteiger partial charge < -0.3 is 4.74 Å². The van der Waals surface area contributed by atoms with Gasteiger partial charge in [-0.3, -0.25) is 0 Å². The molecule has 0 radical (unpaired) electrons. The molecule has 0 aliphatic carbocycles. The first kappa shape index (κ1) is 20.6. The molecule has 0 fully saturated rings. The van der Waals surface area contributed by atoms with Crippen LogP contribution in [0.5, 0.6) is 5.75 Å². The van der Waals surface area contributed by atoms with Crippen LogP contribution in [0.3, 0.4) is 0 Å². The molecule has 0 saturated heterocycles. The van der Waals surface area contributed by atoms with Crippen molar-refractivity contribution in [2.24, 2.45) is 5.14 Å². The molecular weight excluding hydrogens is 510 g/mol. The van der Waals surface area contributed by atoms with Gasteiger partial charge in [-0.1, -0.05) is 6.07 Å². The predicted molar refractivity (Wildman–Crippen MR) is 105 cm³/mol. The maximum absolute atomic E-state index is 13.3. The van der Waals surface area contributed by atoms with Gasteiger partial charge in [0.15, 0.2) is 5.69 Å². The van der Waals surface area contributed by atoms with Gasteiger partial charge in [0, 0.05) is 5.56 Å². The standard InChI is InChI=1S/C17H13F3IN3O3S/c1-27-15-6-5-10(7-13(15)21)14-9-16(17(18,19)20)23-24(14)11-3-2-4-12(8-11)28(22,25)26/h2-9H,1H3,(H2,22,25,26). The average Bonchev–Trinajstić information content (AvgIpc) is 3.07. The highest BCUT2D eigenvalue weighted by molar-refractivity contribution is 14.1. The Morgan fingerprint density at radius 3 is 2.43 bits per heavy atom. The van der Waals surface area contributed by atoms with Gasteiger partial charge in [0.25, 0.3) is 0 Å². The van der Waals surface area contributed by atoms with E-state index in [1.54, 1.807) is 18.2 Å². The summed E-state index contributed by atoms with van der Waals surface area (Å²) in [6.07, 6.45) is -4.67. The van der Waals surface area contributed by atoms with Gasteiger partial charge >= 0.3 is 6.18 Å². The van der Waals surface area contributed by atoms with E-state index in [0.29, 0.717) is 14.9 Å². The molecule has 6 nitrogen and oxygen atoms in total. The highest BCUT2D eigenvalue weighted by Crippen LogP contribution is 2.35. The zero-order valence-electron chi connectivity index (χ0n) is 14.2. The lowest BCUT2D eigenvalue weighted by atomic mass is 10.1. The summed E-state index contributed by atoms with van der Waals surface area (Å²) in [5.74, 6) is 0.572. The zero-order chi connectivity index (χ0) is 20.7. The van der Waals surface area contributed by atoms with Crippen molar-refractivity contribution in [2.75, 3.05) is 7.11 Å². The zero-order valence-corrected chi connectivity index (χ0v) is 17.2. The molecule has 11 heteroatoms. The molecule has 0 atom stereocenters. The second-order valence-corrected chi connectivity index (χ2v) is 8.44. The van der Waals surface area contributed by atoms with Gasteiger partial charge in [-0.15, -0.1) is 0 Å². The number of aromatic nitrogens is 2. The van der Waals surface area contributed by atoms with E-state index in [4.69, 9.17) is 9.88 Å². The van der Waals surface area contributed by atoms with Crippen LogP contribution in [0.15, 0.2) is 53.4 Å². The third kappa shape index (κ3) is 4.15. The van der Waals surface area contributed by atoms with Crippen LogP contribution in [0.1, 0.15) is 5.69 Å². The van der Waals surface area contributed by atoms with E-state index < -0.39 is 21.9 Å². The number of benzene rings is 2. The van der Waals surface area contributed by atoms with Crippen LogP contribution in [-0.4, -0.2) is 25.3 Å². The van der Waals surface area contributed by atoms with Gasteiger partial charge in [0.1, 0.15) is 5.75 Å². The molecule has 0 bridgehead atoms. The van der Waals surface area contributed by atoms with Crippen LogP contribution in [-0.2, 0) is 16.2 Å². The summed E-state index contributed by atoms with van der Waals surface area (Å²) in [6.45, 7) is 0. The summed E-state index contributed by atoms with van der Waals surface area (Å²) in [5.41, 5.74) is -0.383. The highest BCUT2D eigenvalue weighted by Gasteiger charge is 2.35. The van der Waals surface area contributed by atoms with Crippen molar-refractivity contribution in [3.05, 3.63) is 57.8 Å². The molecule has 1 heterocycles. The maximum Gasteiger partial charge on any atom is 0.435 e. The van der Waals surface area contributed by atoms with Crippen molar-refractivity contribution in [1.82, 2.24) is 9.78 Å². The van der Waals surface area contributed by atoms with Crippen LogP contribution in [0.4, 0.5) is 13.2 Å². The van der Waals surface area contributed by atoms with E-state index in [1.165, 1.54) is 31.4 Å². The molecule has 0 aliphatic heterocycles. The first-order valence-corrected chi connectivity index (χ1v) is 10.3. The second-order valence-electron chi connectivity index (χ2n) is 5.72. The summed E-state index contributed by atoms with van der Waals surface area (Å²) in [7, 11) is -2.54. The van der Waals surface area contributed by atoms with Crippen LogP contribution >= 0.6 is 22.6 Å². The number of hydrogen-bond acceptors (Lipinski definition) is 4. The first-order valence-electron chi connectivity index (χ1n) is 7.65. The first-order chi connectivity index (χ1) is 13.0. The van der Waals surface area contributed by atoms with Crippen LogP contribution in [0, 0.1) is 3.57 Å². The number of halogens is 4. The molecule has 148 valence electrons. The Morgan fingerprint density at radius 1 is 1.14 bits per heavy atom. The monoisotopic (exact) mass is 523 g/mol. The van der Waals surface area contributed by atoms with Crippen LogP contribution in [0.2, 0.25) is 0 Å². The molecule has 0 saturated carbocycles. The van der Waals surface area contributed by atoms with E-state index in [0.717, 1.165) is 10.7 Å². The fourth-order valence-electron chi connectivity index (χ4n) is 2.54. The number of ether oxygens (including phenoxy) is 1. The normalized spacial score (nSPS) is 12.2. The van der Waals surface area contributed by atoms with Gasteiger partial charge in [-0.05, 0) is 65.1 Å². The van der Waals surface area contributed by atoms with E-state index in [2.05, 4.69) is 5.10 Å². The lowest BCUT2D eigenvalue weighted by Crippen LogP contribution is -2.13. The quantitative estimate of drug-likeness (QED) is 0.527. The van der Waals surface area contributed by atoms with Crippen molar-refractivity contribution in [3.8, 4) is 22.7 Å². The van der Waals surface area contributed by atoms with Gasteiger partial charge in [-0.25, -0.2) is 18.2 Å². The number of primary sulfonamides is 1. The van der Waals surface area contributed by atoms with E-state index >= 15 is 0 Å². The Bertz CT molecular complexity index is 1140. The number of rotatable bonds is 4. The summed E-state index contributed by atoms with van der Waals surface area (Å²) in [4.78, 5) is -0.232. The van der Waals surface area contributed by atoms with Crippen LogP contribution < -0.4 is 9.88 Å². The van der Waals surface area contributed by atoms with Crippen molar-refractivity contribution in [2.45, 2.75) is 11.1 Å². The smallest absolute Gasteiger partial charge is 0.435 e. The largest absolute Gasteiger partial charge is 0.496 e. The van der Waals surface area contributed by atoms with Crippen molar-refractivity contribution < 1.29 is 26.3 Å². The Hall–Kier alpha value is -2.12. The third-order valence-corrected chi connectivity index (χ3v) is 5.59.